The summed E-state index contributed by atoms with van der Waals surface area (Å²) in [6.45, 7) is 2.04. The summed E-state index contributed by atoms with van der Waals surface area (Å²) in [5.41, 5.74) is 8.56. The summed E-state index contributed by atoms with van der Waals surface area (Å²) in [7, 11) is 1.70. The molecule has 0 heterocycles. The summed E-state index contributed by atoms with van der Waals surface area (Å²) in [6.07, 6.45) is 3.20. The topological polar surface area (TPSA) is 35.2 Å². The number of aryl methyl sites for hydroxylation is 1. The van der Waals surface area contributed by atoms with Crippen LogP contribution in [-0.2, 0) is 6.42 Å². The Balaban J connectivity index is 2.31. The molecule has 15 heavy (non-hydrogen) atoms. The standard InChI is InChI=1S/C12H16BrNO/c1-8-3-4-9(7-12(14)5-6-12)10(13)11(8)15-2/h3-4H,5-7,14H2,1-2H3. The van der Waals surface area contributed by atoms with E-state index in [9.17, 15) is 0 Å². The highest BCUT2D eigenvalue weighted by molar-refractivity contribution is 9.10. The Morgan fingerprint density at radius 3 is 2.67 bits per heavy atom. The minimum Gasteiger partial charge on any atom is -0.495 e. The number of nitrogens with two attached hydrogens (primary N) is 1. The van der Waals surface area contributed by atoms with Gasteiger partial charge in [-0.3, -0.25) is 0 Å². The summed E-state index contributed by atoms with van der Waals surface area (Å²) < 4.78 is 6.42. The fourth-order valence-electron chi connectivity index (χ4n) is 1.80. The van der Waals surface area contributed by atoms with Gasteiger partial charge in [0.2, 0.25) is 0 Å². The highest BCUT2D eigenvalue weighted by Gasteiger charge is 2.38. The smallest absolute Gasteiger partial charge is 0.136 e. The summed E-state index contributed by atoms with van der Waals surface area (Å²) >= 11 is 3.59. The minimum atomic E-state index is 0.0444. The summed E-state index contributed by atoms with van der Waals surface area (Å²) in [4.78, 5) is 0. The molecular weight excluding hydrogens is 254 g/mol. The Morgan fingerprint density at radius 2 is 2.13 bits per heavy atom. The van der Waals surface area contributed by atoms with Gasteiger partial charge in [-0.05, 0) is 53.2 Å². The van der Waals surface area contributed by atoms with Gasteiger partial charge in [0.05, 0.1) is 11.6 Å². The first kappa shape index (κ1) is 11.0. The van der Waals surface area contributed by atoms with Crippen LogP contribution >= 0.6 is 15.9 Å². The van der Waals surface area contributed by atoms with Gasteiger partial charge in [-0.1, -0.05) is 12.1 Å². The zero-order valence-corrected chi connectivity index (χ0v) is 10.7. The molecular formula is C12H16BrNO. The first-order chi connectivity index (χ1) is 7.06. The molecule has 3 heteroatoms. The van der Waals surface area contributed by atoms with E-state index in [1.165, 1.54) is 5.56 Å². The van der Waals surface area contributed by atoms with Gasteiger partial charge in [0.25, 0.3) is 0 Å². The summed E-state index contributed by atoms with van der Waals surface area (Å²) in [5.74, 6) is 0.928. The van der Waals surface area contributed by atoms with Crippen molar-refractivity contribution in [2.45, 2.75) is 31.7 Å². The number of hydrogen-bond donors (Lipinski definition) is 1. The quantitative estimate of drug-likeness (QED) is 0.916. The fraction of sp³-hybridized carbons (Fsp3) is 0.500. The molecule has 2 N–H and O–H groups in total. The predicted octanol–water partition coefficient (Wildman–Crippen LogP) is 2.80. The van der Waals surface area contributed by atoms with Gasteiger partial charge in [0, 0.05) is 5.54 Å². The van der Waals surface area contributed by atoms with E-state index in [0.29, 0.717) is 0 Å². The van der Waals surface area contributed by atoms with Crippen LogP contribution in [0.3, 0.4) is 0 Å². The van der Waals surface area contributed by atoms with Gasteiger partial charge in [-0.25, -0.2) is 0 Å². The number of ether oxygens (including phenoxy) is 1. The first-order valence-corrected chi connectivity index (χ1v) is 5.96. The lowest BCUT2D eigenvalue weighted by Crippen LogP contribution is -2.24. The molecule has 1 aliphatic carbocycles. The van der Waals surface area contributed by atoms with Gasteiger partial charge in [-0.2, -0.15) is 0 Å². The summed E-state index contributed by atoms with van der Waals surface area (Å²) in [6, 6.07) is 4.22. The zero-order chi connectivity index (χ0) is 11.1. The number of benzene rings is 1. The molecule has 0 atom stereocenters. The molecule has 0 amide bonds. The molecule has 1 aromatic rings. The van der Waals surface area contributed by atoms with Crippen molar-refractivity contribution in [3.8, 4) is 5.75 Å². The number of rotatable bonds is 3. The third-order valence-corrected chi connectivity index (χ3v) is 3.88. The Bertz CT molecular complexity index is 385. The van der Waals surface area contributed by atoms with Crippen molar-refractivity contribution in [2.75, 3.05) is 7.11 Å². The van der Waals surface area contributed by atoms with Crippen LogP contribution in [0.25, 0.3) is 0 Å². The largest absolute Gasteiger partial charge is 0.495 e. The van der Waals surface area contributed by atoms with Gasteiger partial charge in [-0.15, -0.1) is 0 Å². The SMILES string of the molecule is COc1c(C)ccc(CC2(N)CC2)c1Br. The number of hydrogen-bond acceptors (Lipinski definition) is 2. The van der Waals surface area contributed by atoms with Crippen molar-refractivity contribution < 1.29 is 4.74 Å². The van der Waals surface area contributed by atoms with E-state index in [-0.39, 0.29) is 5.54 Å². The second-order valence-corrected chi connectivity index (χ2v) is 5.22. The third kappa shape index (κ3) is 2.18. The van der Waals surface area contributed by atoms with Crippen LogP contribution in [-0.4, -0.2) is 12.6 Å². The molecule has 0 bridgehead atoms. The molecule has 82 valence electrons. The van der Waals surface area contributed by atoms with Gasteiger partial charge >= 0.3 is 0 Å². The third-order valence-electron chi connectivity index (χ3n) is 3.01. The minimum absolute atomic E-state index is 0.0444. The Kier molecular flexibility index (Phi) is 2.77. The maximum Gasteiger partial charge on any atom is 0.136 e. The lowest BCUT2D eigenvalue weighted by molar-refractivity contribution is 0.408. The van der Waals surface area contributed by atoms with Gasteiger partial charge < -0.3 is 10.5 Å². The molecule has 0 spiro atoms. The van der Waals surface area contributed by atoms with Gasteiger partial charge in [0.1, 0.15) is 5.75 Å². The van der Waals surface area contributed by atoms with Crippen molar-refractivity contribution in [1.29, 1.82) is 0 Å². The van der Waals surface area contributed by atoms with Crippen LogP contribution < -0.4 is 10.5 Å². The monoisotopic (exact) mass is 269 g/mol. The Labute approximate surface area is 98.9 Å². The zero-order valence-electron chi connectivity index (χ0n) is 9.14. The van der Waals surface area contributed by atoms with E-state index in [1.54, 1.807) is 7.11 Å². The van der Waals surface area contributed by atoms with Crippen LogP contribution in [0.15, 0.2) is 16.6 Å². The van der Waals surface area contributed by atoms with E-state index in [1.807, 2.05) is 6.92 Å². The highest BCUT2D eigenvalue weighted by atomic mass is 79.9. The predicted molar refractivity (Wildman–Crippen MR) is 65.3 cm³/mol. The van der Waals surface area contributed by atoms with Crippen LogP contribution in [0.4, 0.5) is 0 Å². The molecule has 0 aromatic heterocycles. The average molecular weight is 270 g/mol. The lowest BCUT2D eigenvalue weighted by Gasteiger charge is -2.14. The Morgan fingerprint density at radius 1 is 1.47 bits per heavy atom. The molecule has 1 fully saturated rings. The van der Waals surface area contributed by atoms with Crippen LogP contribution in [0.5, 0.6) is 5.75 Å². The maximum absolute atomic E-state index is 6.12. The molecule has 2 rings (SSSR count). The summed E-state index contributed by atoms with van der Waals surface area (Å²) in [5, 5.41) is 0. The normalized spacial score (nSPS) is 17.6. The van der Waals surface area contributed by atoms with Gasteiger partial charge in [0.15, 0.2) is 0 Å². The van der Waals surface area contributed by atoms with E-state index >= 15 is 0 Å². The molecule has 0 unspecified atom stereocenters. The van der Waals surface area contributed by atoms with Crippen molar-refractivity contribution in [2.24, 2.45) is 5.73 Å². The molecule has 2 nitrogen and oxygen atoms in total. The molecule has 0 aliphatic heterocycles. The molecule has 1 saturated carbocycles. The van der Waals surface area contributed by atoms with E-state index in [4.69, 9.17) is 10.5 Å². The number of methoxy groups -OCH3 is 1. The van der Waals surface area contributed by atoms with E-state index in [2.05, 4.69) is 28.1 Å². The lowest BCUT2D eigenvalue weighted by atomic mass is 10.0. The second kappa shape index (κ2) is 3.80. The van der Waals surface area contributed by atoms with Crippen molar-refractivity contribution in [3.05, 3.63) is 27.7 Å². The molecule has 1 aromatic carbocycles. The fourth-order valence-corrected chi connectivity index (χ4v) is 2.54. The van der Waals surface area contributed by atoms with Crippen LogP contribution in [0.2, 0.25) is 0 Å². The highest BCUT2D eigenvalue weighted by Crippen LogP contribution is 2.40. The second-order valence-electron chi connectivity index (χ2n) is 4.43. The van der Waals surface area contributed by atoms with Crippen LogP contribution in [0.1, 0.15) is 24.0 Å². The van der Waals surface area contributed by atoms with Crippen LogP contribution in [0, 0.1) is 6.92 Å². The van der Waals surface area contributed by atoms with Crippen molar-refractivity contribution >= 4 is 15.9 Å². The maximum atomic E-state index is 6.12. The molecule has 0 saturated heterocycles. The molecule has 0 radical (unpaired) electrons. The van der Waals surface area contributed by atoms with Crippen molar-refractivity contribution in [1.82, 2.24) is 0 Å². The Hall–Kier alpha value is -0.540. The first-order valence-electron chi connectivity index (χ1n) is 5.16. The number of halogens is 1. The van der Waals surface area contributed by atoms with Crippen molar-refractivity contribution in [3.63, 3.8) is 0 Å². The molecule has 1 aliphatic rings. The van der Waals surface area contributed by atoms with E-state index < -0.39 is 0 Å². The van der Waals surface area contributed by atoms with E-state index in [0.717, 1.165) is 35.0 Å². The average Bonchev–Trinajstić information content (AvgIpc) is 2.90.